The first-order valence-corrected chi connectivity index (χ1v) is 5.16. The minimum absolute atomic E-state index is 0.361. The zero-order chi connectivity index (χ0) is 10.4. The average Bonchev–Trinajstić information content (AvgIpc) is 2.26. The van der Waals surface area contributed by atoms with Crippen LogP contribution in [0.15, 0.2) is 24.3 Å². The summed E-state index contributed by atoms with van der Waals surface area (Å²) < 4.78 is 5.53. The number of aliphatic hydroxyl groups is 1. The summed E-state index contributed by atoms with van der Waals surface area (Å²) in [6.45, 7) is 4.42. The molecule has 0 aliphatic carbocycles. The normalized spacial score (nSPS) is 12.5. The number of hydrogen-bond acceptors (Lipinski definition) is 2. The van der Waals surface area contributed by atoms with Crippen molar-refractivity contribution in [3.8, 4) is 5.75 Å². The number of rotatable bonds is 5. The van der Waals surface area contributed by atoms with Crippen molar-refractivity contribution in [1.82, 2.24) is 0 Å². The van der Waals surface area contributed by atoms with E-state index in [0.29, 0.717) is 6.61 Å². The van der Waals surface area contributed by atoms with Gasteiger partial charge in [-0.3, -0.25) is 0 Å². The van der Waals surface area contributed by atoms with Gasteiger partial charge in [0.2, 0.25) is 0 Å². The topological polar surface area (TPSA) is 29.5 Å². The van der Waals surface area contributed by atoms with Crippen molar-refractivity contribution >= 4 is 0 Å². The Morgan fingerprint density at radius 2 is 2.00 bits per heavy atom. The third kappa shape index (κ3) is 3.04. The third-order valence-corrected chi connectivity index (χ3v) is 2.26. The Balaban J connectivity index is 2.57. The van der Waals surface area contributed by atoms with Crippen molar-refractivity contribution in [2.75, 3.05) is 6.61 Å². The number of hydrogen-bond donors (Lipinski definition) is 1. The Morgan fingerprint density at radius 1 is 1.29 bits per heavy atom. The van der Waals surface area contributed by atoms with E-state index in [9.17, 15) is 5.11 Å². The van der Waals surface area contributed by atoms with E-state index < -0.39 is 0 Å². The molecule has 0 saturated carbocycles. The van der Waals surface area contributed by atoms with Crippen LogP contribution in [-0.2, 0) is 6.42 Å². The summed E-state index contributed by atoms with van der Waals surface area (Å²) in [4.78, 5) is 0. The van der Waals surface area contributed by atoms with Crippen molar-refractivity contribution < 1.29 is 9.84 Å². The second-order valence-corrected chi connectivity index (χ2v) is 3.33. The van der Waals surface area contributed by atoms with Gasteiger partial charge in [0.1, 0.15) is 12.4 Å². The molecule has 0 radical (unpaired) electrons. The maximum Gasteiger partial charge on any atom is 0.122 e. The summed E-state index contributed by atoms with van der Waals surface area (Å²) in [6, 6.07) is 7.95. The molecule has 0 spiro atoms. The quantitative estimate of drug-likeness (QED) is 0.780. The molecular weight excluding hydrogens is 176 g/mol. The number of ether oxygens (including phenoxy) is 1. The van der Waals surface area contributed by atoms with Gasteiger partial charge in [-0.2, -0.15) is 0 Å². The second-order valence-electron chi connectivity index (χ2n) is 3.33. The fourth-order valence-electron chi connectivity index (χ4n) is 1.24. The predicted octanol–water partition coefficient (Wildman–Crippen LogP) is 2.40. The minimum Gasteiger partial charge on any atom is -0.491 e. The molecule has 2 nitrogen and oxygen atoms in total. The summed E-state index contributed by atoms with van der Waals surface area (Å²) >= 11 is 0. The van der Waals surface area contributed by atoms with E-state index in [-0.39, 0.29) is 6.10 Å². The monoisotopic (exact) mass is 194 g/mol. The van der Waals surface area contributed by atoms with Crippen molar-refractivity contribution in [2.24, 2.45) is 0 Å². The van der Waals surface area contributed by atoms with Gasteiger partial charge in [0.15, 0.2) is 0 Å². The van der Waals surface area contributed by atoms with Gasteiger partial charge in [0, 0.05) is 0 Å². The highest BCUT2D eigenvalue weighted by Gasteiger charge is 2.04. The van der Waals surface area contributed by atoms with Crippen LogP contribution in [0.4, 0.5) is 0 Å². The largest absolute Gasteiger partial charge is 0.491 e. The first kappa shape index (κ1) is 11.1. The van der Waals surface area contributed by atoms with Crippen LogP contribution in [-0.4, -0.2) is 17.8 Å². The van der Waals surface area contributed by atoms with E-state index in [0.717, 1.165) is 18.6 Å². The molecular formula is C12H18O2. The van der Waals surface area contributed by atoms with Crippen LogP contribution >= 0.6 is 0 Å². The molecule has 0 aromatic heterocycles. The summed E-state index contributed by atoms with van der Waals surface area (Å²) in [5.41, 5.74) is 1.19. The molecule has 0 heterocycles. The second kappa shape index (κ2) is 5.66. The molecule has 0 aliphatic heterocycles. The number of aliphatic hydroxyl groups excluding tert-OH is 1. The Kier molecular flexibility index (Phi) is 4.47. The first-order chi connectivity index (χ1) is 6.77. The standard InChI is InChI=1S/C12H18O2/c1-3-10-7-5-6-8-12(10)14-9-11(13)4-2/h5-8,11,13H,3-4,9H2,1-2H3. The molecule has 78 valence electrons. The highest BCUT2D eigenvalue weighted by atomic mass is 16.5. The van der Waals surface area contributed by atoms with Crippen molar-refractivity contribution in [3.63, 3.8) is 0 Å². The van der Waals surface area contributed by atoms with E-state index in [1.165, 1.54) is 5.56 Å². The molecule has 1 unspecified atom stereocenters. The lowest BCUT2D eigenvalue weighted by atomic mass is 10.1. The Hall–Kier alpha value is -1.02. The highest BCUT2D eigenvalue weighted by Crippen LogP contribution is 2.18. The van der Waals surface area contributed by atoms with E-state index in [1.54, 1.807) is 0 Å². The lowest BCUT2D eigenvalue weighted by Gasteiger charge is -2.12. The van der Waals surface area contributed by atoms with Gasteiger partial charge in [0.25, 0.3) is 0 Å². The van der Waals surface area contributed by atoms with Gasteiger partial charge >= 0.3 is 0 Å². The van der Waals surface area contributed by atoms with Crippen molar-refractivity contribution in [1.29, 1.82) is 0 Å². The molecule has 0 bridgehead atoms. The molecule has 0 amide bonds. The first-order valence-electron chi connectivity index (χ1n) is 5.16. The molecule has 1 rings (SSSR count). The summed E-state index contributed by atoms with van der Waals surface area (Å²) in [7, 11) is 0. The number of benzene rings is 1. The number of aryl methyl sites for hydroxylation is 1. The van der Waals surface area contributed by atoms with Gasteiger partial charge in [-0.25, -0.2) is 0 Å². The van der Waals surface area contributed by atoms with Gasteiger partial charge in [-0.05, 0) is 24.5 Å². The Bertz CT molecular complexity index is 271. The summed E-state index contributed by atoms with van der Waals surface area (Å²) in [5, 5.41) is 9.36. The predicted molar refractivity (Wildman–Crippen MR) is 57.6 cm³/mol. The SMILES string of the molecule is CCc1ccccc1OCC(O)CC. The fourth-order valence-corrected chi connectivity index (χ4v) is 1.24. The van der Waals surface area contributed by atoms with E-state index in [2.05, 4.69) is 6.92 Å². The lowest BCUT2D eigenvalue weighted by Crippen LogP contribution is -2.16. The molecule has 0 fully saturated rings. The lowest BCUT2D eigenvalue weighted by molar-refractivity contribution is 0.104. The zero-order valence-electron chi connectivity index (χ0n) is 8.86. The average molecular weight is 194 g/mol. The fraction of sp³-hybridized carbons (Fsp3) is 0.500. The molecule has 1 aromatic rings. The maximum atomic E-state index is 9.36. The van der Waals surface area contributed by atoms with Crippen LogP contribution in [0, 0.1) is 0 Å². The molecule has 1 aromatic carbocycles. The molecule has 0 saturated heterocycles. The van der Waals surface area contributed by atoms with Crippen LogP contribution in [0.5, 0.6) is 5.75 Å². The summed E-state index contributed by atoms with van der Waals surface area (Å²) in [5.74, 6) is 0.891. The maximum absolute atomic E-state index is 9.36. The molecule has 1 N–H and O–H groups in total. The van der Waals surface area contributed by atoms with Gasteiger partial charge < -0.3 is 9.84 Å². The van der Waals surface area contributed by atoms with Crippen LogP contribution in [0.2, 0.25) is 0 Å². The van der Waals surface area contributed by atoms with Crippen LogP contribution in [0.3, 0.4) is 0 Å². The van der Waals surface area contributed by atoms with E-state index in [1.807, 2.05) is 31.2 Å². The Labute approximate surface area is 85.5 Å². The zero-order valence-corrected chi connectivity index (χ0v) is 8.86. The van der Waals surface area contributed by atoms with Crippen molar-refractivity contribution in [2.45, 2.75) is 32.8 Å². The van der Waals surface area contributed by atoms with Gasteiger partial charge in [-0.1, -0.05) is 32.0 Å². The molecule has 0 aliphatic rings. The van der Waals surface area contributed by atoms with E-state index in [4.69, 9.17) is 4.74 Å². The minimum atomic E-state index is -0.361. The smallest absolute Gasteiger partial charge is 0.122 e. The van der Waals surface area contributed by atoms with Gasteiger partial charge in [0.05, 0.1) is 6.10 Å². The Morgan fingerprint density at radius 3 is 2.64 bits per heavy atom. The van der Waals surface area contributed by atoms with Crippen LogP contribution in [0.25, 0.3) is 0 Å². The van der Waals surface area contributed by atoms with Crippen LogP contribution in [0.1, 0.15) is 25.8 Å². The molecule has 14 heavy (non-hydrogen) atoms. The highest BCUT2D eigenvalue weighted by molar-refractivity contribution is 5.33. The summed E-state index contributed by atoms with van der Waals surface area (Å²) in [6.07, 6.45) is 1.33. The van der Waals surface area contributed by atoms with Crippen LogP contribution < -0.4 is 4.74 Å². The van der Waals surface area contributed by atoms with E-state index >= 15 is 0 Å². The van der Waals surface area contributed by atoms with Gasteiger partial charge in [-0.15, -0.1) is 0 Å². The molecule has 2 heteroatoms. The molecule has 1 atom stereocenters. The third-order valence-electron chi connectivity index (χ3n) is 2.26. The van der Waals surface area contributed by atoms with Crippen molar-refractivity contribution in [3.05, 3.63) is 29.8 Å². The number of para-hydroxylation sites is 1.